The summed E-state index contributed by atoms with van der Waals surface area (Å²) in [6.45, 7) is 0. The summed E-state index contributed by atoms with van der Waals surface area (Å²) in [6.07, 6.45) is 22.4. The van der Waals surface area contributed by atoms with Gasteiger partial charge in [-0.05, 0) is 69.6 Å². The van der Waals surface area contributed by atoms with Gasteiger partial charge in [0.15, 0.2) is 0 Å². The molecule has 5 saturated carbocycles. The van der Waals surface area contributed by atoms with E-state index in [0.717, 1.165) is 34.9 Å². The molecule has 0 aromatic rings. The zero-order valence-electron chi connectivity index (χ0n) is 20.1. The highest BCUT2D eigenvalue weighted by Crippen LogP contribution is 2.73. The number of morpholine rings is 1. The van der Waals surface area contributed by atoms with Crippen LogP contribution in [0.2, 0.25) is 0 Å². The third kappa shape index (κ3) is 2.67. The van der Waals surface area contributed by atoms with Crippen molar-refractivity contribution in [3.63, 3.8) is 0 Å². The van der Waals surface area contributed by atoms with E-state index in [2.05, 4.69) is 4.90 Å². The highest BCUT2D eigenvalue weighted by atomic mass is 31.1. The molecule has 9 rings (SSSR count). The van der Waals surface area contributed by atoms with Crippen LogP contribution >= 0.6 is 7.92 Å². The Labute approximate surface area is 200 Å². The number of fused-ring (bicyclic) bond motifs is 5. The fourth-order valence-corrected chi connectivity index (χ4v) is 16.2. The maximum Gasteiger partial charge on any atom is 0.0743 e. The zero-order chi connectivity index (χ0) is 21.3. The Morgan fingerprint density at radius 3 is 2.24 bits per heavy atom. The van der Waals surface area contributed by atoms with E-state index in [1.54, 1.807) is 0 Å². The average molecular weight is 472 g/mol. The molecule has 4 heterocycles. The second kappa shape index (κ2) is 7.41. The summed E-state index contributed by atoms with van der Waals surface area (Å²) in [6, 6.07) is 2.14. The zero-order valence-corrected chi connectivity index (χ0v) is 21.0. The molecule has 0 amide bonds. The van der Waals surface area contributed by atoms with Gasteiger partial charge in [0, 0.05) is 35.1 Å². The Bertz CT molecular complexity index is 810. The van der Waals surface area contributed by atoms with Gasteiger partial charge in [-0.15, -0.1) is 0 Å². The maximum atomic E-state index is 7.33. The minimum Gasteiger partial charge on any atom is -0.374 e. The maximum absolute atomic E-state index is 7.33. The van der Waals surface area contributed by atoms with Gasteiger partial charge in [-0.1, -0.05) is 40.0 Å². The Morgan fingerprint density at radius 2 is 1.27 bits per heavy atom. The molecule has 0 spiro atoms. The van der Waals surface area contributed by atoms with Crippen LogP contribution in [0.5, 0.6) is 0 Å². The van der Waals surface area contributed by atoms with Gasteiger partial charge in [0.1, 0.15) is 0 Å². The van der Waals surface area contributed by atoms with Gasteiger partial charge in [-0.3, -0.25) is 4.90 Å². The van der Waals surface area contributed by atoms with Crippen LogP contribution in [0, 0.1) is 11.8 Å². The van der Waals surface area contributed by atoms with Gasteiger partial charge in [-0.25, -0.2) is 0 Å². The Balaban J connectivity index is 1.21. The topological polar surface area (TPSA) is 30.9 Å². The van der Waals surface area contributed by atoms with Crippen molar-refractivity contribution in [1.82, 2.24) is 4.90 Å². The molecule has 4 saturated heterocycles. The summed E-state index contributed by atoms with van der Waals surface area (Å²) in [7, 11) is -0.0375. The van der Waals surface area contributed by atoms with E-state index in [-0.39, 0.29) is 7.92 Å². The largest absolute Gasteiger partial charge is 0.374 e. The van der Waals surface area contributed by atoms with Crippen LogP contribution in [-0.2, 0) is 14.2 Å². The van der Waals surface area contributed by atoms with Crippen molar-refractivity contribution in [1.29, 1.82) is 0 Å². The molecule has 0 aromatic heterocycles. The van der Waals surface area contributed by atoms with Crippen LogP contribution in [0.25, 0.3) is 0 Å². The summed E-state index contributed by atoms with van der Waals surface area (Å²) in [5.74, 6) is 1.79. The molecule has 9 fully saturated rings. The summed E-state index contributed by atoms with van der Waals surface area (Å²) >= 11 is 0. The molecule has 0 N–H and O–H groups in total. The summed E-state index contributed by atoms with van der Waals surface area (Å²) in [5.41, 5.74) is 2.36. The standard InChI is InChI=1S/C28H42NO3P/c1-2-7-16-15(6-1)14-18-26-25(16)32-22-11-5-10-21-27(22)33(26)28-23(31-21)13-12-20-24(28)29(18)17-8-3-4-9-19(17)30-20/h15-28H,1-14H2. The molecule has 0 aromatic carbocycles. The van der Waals surface area contributed by atoms with Crippen molar-refractivity contribution in [2.45, 2.75) is 162 Å². The summed E-state index contributed by atoms with van der Waals surface area (Å²) in [4.78, 5) is 3.19. The molecule has 0 bridgehead atoms. The fourth-order valence-electron chi connectivity index (χ4n) is 11.2. The van der Waals surface area contributed by atoms with Crippen LogP contribution in [0.3, 0.4) is 0 Å². The first-order valence-corrected chi connectivity index (χ1v) is 16.4. The number of ether oxygens (including phenoxy) is 3. The molecule has 4 aliphatic heterocycles. The number of hydrogen-bond acceptors (Lipinski definition) is 4. The van der Waals surface area contributed by atoms with Gasteiger partial charge in [0.2, 0.25) is 0 Å². The SMILES string of the molecule is C1CCC2C(C1)CC1C3C2OC2CCCC4OC5CCC6OC7CCCCC7N1C6C5P3C42. The lowest BCUT2D eigenvalue weighted by atomic mass is 9.65. The first-order valence-electron chi connectivity index (χ1n) is 14.9. The van der Waals surface area contributed by atoms with E-state index >= 15 is 0 Å². The third-order valence-electron chi connectivity index (χ3n) is 12.1. The highest BCUT2D eigenvalue weighted by molar-refractivity contribution is 7.60. The number of rotatable bonds is 0. The van der Waals surface area contributed by atoms with E-state index in [0.29, 0.717) is 48.7 Å². The summed E-state index contributed by atoms with van der Waals surface area (Å²) < 4.78 is 21.4. The van der Waals surface area contributed by atoms with E-state index in [4.69, 9.17) is 14.2 Å². The minimum absolute atomic E-state index is 0.0375. The summed E-state index contributed by atoms with van der Waals surface area (Å²) in [5, 5.41) is 0. The molecule has 33 heavy (non-hydrogen) atoms. The number of hydrogen-bond donors (Lipinski definition) is 0. The van der Waals surface area contributed by atoms with Crippen molar-refractivity contribution >= 4 is 7.92 Å². The Hall–Kier alpha value is 0.270. The normalized spacial score (nSPS) is 63.1. The molecule has 0 radical (unpaired) electrons. The van der Waals surface area contributed by atoms with Gasteiger partial charge in [-0.2, -0.15) is 0 Å². The fraction of sp³-hybridized carbons (Fsp3) is 1.00. The average Bonchev–Trinajstić information content (AvgIpc) is 2.86. The van der Waals surface area contributed by atoms with E-state index in [1.165, 1.54) is 89.9 Å². The molecular weight excluding hydrogens is 429 g/mol. The molecule has 15 unspecified atom stereocenters. The molecule has 5 heteroatoms. The molecule has 5 aliphatic carbocycles. The van der Waals surface area contributed by atoms with E-state index in [1.807, 2.05) is 0 Å². The van der Waals surface area contributed by atoms with Crippen LogP contribution in [0.1, 0.15) is 89.9 Å². The van der Waals surface area contributed by atoms with Crippen LogP contribution in [0.15, 0.2) is 0 Å². The van der Waals surface area contributed by atoms with Gasteiger partial charge < -0.3 is 14.2 Å². The second-order valence-electron chi connectivity index (χ2n) is 13.3. The predicted molar refractivity (Wildman–Crippen MR) is 129 cm³/mol. The Kier molecular flexibility index (Phi) is 4.57. The quantitative estimate of drug-likeness (QED) is 0.462. The first kappa shape index (κ1) is 20.3. The van der Waals surface area contributed by atoms with Gasteiger partial charge in [0.25, 0.3) is 0 Å². The molecular formula is C28H42NO3P. The molecule has 182 valence electrons. The predicted octanol–water partition coefficient (Wildman–Crippen LogP) is 5.06. The smallest absolute Gasteiger partial charge is 0.0743 e. The van der Waals surface area contributed by atoms with Crippen molar-refractivity contribution in [2.75, 3.05) is 0 Å². The number of nitrogens with zero attached hydrogens (tertiary/aromatic N) is 1. The molecule has 9 aliphatic rings. The van der Waals surface area contributed by atoms with Crippen LogP contribution in [0.4, 0.5) is 0 Å². The van der Waals surface area contributed by atoms with Crippen molar-refractivity contribution in [3.8, 4) is 0 Å². The van der Waals surface area contributed by atoms with Crippen molar-refractivity contribution in [2.24, 2.45) is 11.8 Å². The van der Waals surface area contributed by atoms with Crippen molar-refractivity contribution in [3.05, 3.63) is 0 Å². The van der Waals surface area contributed by atoms with Crippen LogP contribution in [-0.4, -0.2) is 76.6 Å². The van der Waals surface area contributed by atoms with E-state index < -0.39 is 0 Å². The monoisotopic (exact) mass is 471 g/mol. The minimum atomic E-state index is -0.0375. The lowest BCUT2D eigenvalue weighted by molar-refractivity contribution is -0.234. The highest BCUT2D eigenvalue weighted by Gasteiger charge is 2.70. The lowest BCUT2D eigenvalue weighted by Crippen LogP contribution is -2.80. The first-order chi connectivity index (χ1) is 16.4. The van der Waals surface area contributed by atoms with Gasteiger partial charge in [0.05, 0.1) is 36.6 Å². The van der Waals surface area contributed by atoms with Crippen molar-refractivity contribution < 1.29 is 14.2 Å². The van der Waals surface area contributed by atoms with Crippen LogP contribution < -0.4 is 0 Å². The molecule has 15 atom stereocenters. The van der Waals surface area contributed by atoms with E-state index in [9.17, 15) is 0 Å². The Morgan fingerprint density at radius 1 is 0.545 bits per heavy atom. The second-order valence-corrected chi connectivity index (χ2v) is 16.0. The lowest BCUT2D eigenvalue weighted by Gasteiger charge is -2.73. The van der Waals surface area contributed by atoms with Gasteiger partial charge >= 0.3 is 0 Å². The molecule has 4 nitrogen and oxygen atoms in total. The third-order valence-corrected chi connectivity index (χ3v) is 16.1.